The maximum absolute atomic E-state index is 10.8. The molecule has 1 fully saturated rings. The lowest BCUT2D eigenvalue weighted by atomic mass is 10.2. The van der Waals surface area contributed by atoms with Crippen LogP contribution in [-0.2, 0) is 19.4 Å². The maximum Gasteiger partial charge on any atom is 0.310 e. The van der Waals surface area contributed by atoms with Crippen LogP contribution >= 0.6 is 10.8 Å². The first-order chi connectivity index (χ1) is 4.74. The third-order valence-electron chi connectivity index (χ3n) is 1.27. The average molecular weight is 180 g/mol. The van der Waals surface area contributed by atoms with Gasteiger partial charge in [0.15, 0.2) is 0 Å². The monoisotopic (exact) mass is 180 g/mol. The molecule has 58 valence electrons. The van der Waals surface area contributed by atoms with Gasteiger partial charge in [-0.15, -0.1) is 0 Å². The lowest BCUT2D eigenvalue weighted by Gasteiger charge is -2.01. The van der Waals surface area contributed by atoms with E-state index in [1.54, 1.807) is 0 Å². The zero-order chi connectivity index (χ0) is 7.56. The molecule has 1 rings (SSSR count). The van der Waals surface area contributed by atoms with Crippen molar-refractivity contribution in [2.75, 3.05) is 18.6 Å². The average Bonchev–Trinajstić information content (AvgIpc) is 2.34. The van der Waals surface area contributed by atoms with Gasteiger partial charge in [0.2, 0.25) is 0 Å². The minimum Gasteiger partial charge on any atom is -0.469 e. The number of rotatable bonds is 1. The van der Waals surface area contributed by atoms with Gasteiger partial charge in [0, 0.05) is 11.5 Å². The van der Waals surface area contributed by atoms with Gasteiger partial charge >= 0.3 is 5.97 Å². The first-order valence-electron chi connectivity index (χ1n) is 2.83. The number of methoxy groups -OCH3 is 1. The van der Waals surface area contributed by atoms with Crippen LogP contribution in [0, 0.1) is 5.92 Å². The summed E-state index contributed by atoms with van der Waals surface area (Å²) in [6, 6.07) is 0. The van der Waals surface area contributed by atoms with Crippen LogP contribution in [0.15, 0.2) is 0 Å². The van der Waals surface area contributed by atoms with Gasteiger partial charge in [0.25, 0.3) is 0 Å². The van der Waals surface area contributed by atoms with Crippen LogP contribution in [0.2, 0.25) is 0 Å². The van der Waals surface area contributed by atoms with Crippen LogP contribution in [0.4, 0.5) is 0 Å². The third-order valence-corrected chi connectivity index (χ3v) is 4.35. The van der Waals surface area contributed by atoms with E-state index in [4.69, 9.17) is 0 Å². The van der Waals surface area contributed by atoms with Crippen molar-refractivity contribution >= 4 is 26.6 Å². The second-order valence-electron chi connectivity index (χ2n) is 1.98. The molecule has 0 aromatic heterocycles. The van der Waals surface area contributed by atoms with E-state index < -0.39 is 9.83 Å². The molecule has 0 unspecified atom stereocenters. The SMILES string of the molecule is COC(=O)[C@@H]1CS[S@](=O)C1. The van der Waals surface area contributed by atoms with E-state index in [9.17, 15) is 9.00 Å². The van der Waals surface area contributed by atoms with Crippen molar-refractivity contribution in [1.29, 1.82) is 0 Å². The fourth-order valence-electron chi connectivity index (χ4n) is 0.721. The number of carbonyl (C=O) groups excluding carboxylic acids is 1. The zero-order valence-corrected chi connectivity index (χ0v) is 7.17. The van der Waals surface area contributed by atoms with Crippen LogP contribution in [0.5, 0.6) is 0 Å². The second kappa shape index (κ2) is 3.39. The minimum atomic E-state index is -0.859. The van der Waals surface area contributed by atoms with E-state index in [0.29, 0.717) is 11.5 Å². The molecule has 0 bridgehead atoms. The lowest BCUT2D eigenvalue weighted by Crippen LogP contribution is -2.18. The summed E-state index contributed by atoms with van der Waals surface area (Å²) in [5.41, 5.74) is 0. The number of hydrogen-bond acceptors (Lipinski definition) is 4. The van der Waals surface area contributed by atoms with Gasteiger partial charge in [-0.05, 0) is 0 Å². The molecule has 1 aliphatic heterocycles. The Morgan fingerprint density at radius 1 is 1.80 bits per heavy atom. The van der Waals surface area contributed by atoms with Crippen molar-refractivity contribution in [3.8, 4) is 0 Å². The maximum atomic E-state index is 10.8. The molecule has 0 aromatic carbocycles. The summed E-state index contributed by atoms with van der Waals surface area (Å²) in [4.78, 5) is 10.8. The topological polar surface area (TPSA) is 43.4 Å². The van der Waals surface area contributed by atoms with Crippen LogP contribution in [0.3, 0.4) is 0 Å². The molecular weight excluding hydrogens is 172 g/mol. The van der Waals surface area contributed by atoms with Gasteiger partial charge in [0.1, 0.15) is 0 Å². The summed E-state index contributed by atoms with van der Waals surface area (Å²) < 4.78 is 15.2. The Bertz CT molecular complexity index is 168. The lowest BCUT2D eigenvalue weighted by molar-refractivity contribution is -0.143. The highest BCUT2D eigenvalue weighted by molar-refractivity contribution is 8.69. The van der Waals surface area contributed by atoms with E-state index in [1.165, 1.54) is 17.9 Å². The van der Waals surface area contributed by atoms with E-state index in [0.717, 1.165) is 0 Å². The van der Waals surface area contributed by atoms with Crippen molar-refractivity contribution in [2.45, 2.75) is 0 Å². The Morgan fingerprint density at radius 2 is 2.50 bits per heavy atom. The summed E-state index contributed by atoms with van der Waals surface area (Å²) in [6.45, 7) is 0. The van der Waals surface area contributed by atoms with Crippen LogP contribution < -0.4 is 0 Å². The van der Waals surface area contributed by atoms with Gasteiger partial charge in [-0.1, -0.05) is 10.8 Å². The predicted octanol–water partition coefficient (Wildman–Crippen LogP) is 0.186. The summed E-state index contributed by atoms with van der Waals surface area (Å²) in [5, 5.41) is 0. The van der Waals surface area contributed by atoms with Gasteiger partial charge in [-0.25, -0.2) is 4.21 Å². The molecule has 0 spiro atoms. The number of hydrogen-bond donors (Lipinski definition) is 0. The molecule has 10 heavy (non-hydrogen) atoms. The fourth-order valence-corrected chi connectivity index (χ4v) is 3.85. The normalized spacial score (nSPS) is 32.1. The molecule has 0 amide bonds. The van der Waals surface area contributed by atoms with E-state index in [1.807, 2.05) is 0 Å². The van der Waals surface area contributed by atoms with Crippen molar-refractivity contribution in [3.63, 3.8) is 0 Å². The summed E-state index contributed by atoms with van der Waals surface area (Å²) >= 11 is 0. The highest BCUT2D eigenvalue weighted by atomic mass is 33.1. The standard InChI is InChI=1S/C5H8O3S2/c1-8-5(6)4-2-9-10(7)3-4/h4H,2-3H2,1H3/t4-,10+/m1/s1. The minimum absolute atomic E-state index is 0.143. The van der Waals surface area contributed by atoms with E-state index in [2.05, 4.69) is 4.74 Å². The first kappa shape index (κ1) is 8.07. The molecule has 0 radical (unpaired) electrons. The fraction of sp³-hybridized carbons (Fsp3) is 0.800. The molecule has 5 heteroatoms. The van der Waals surface area contributed by atoms with Crippen molar-refractivity contribution in [1.82, 2.24) is 0 Å². The number of esters is 1. The smallest absolute Gasteiger partial charge is 0.310 e. The highest BCUT2D eigenvalue weighted by Gasteiger charge is 2.28. The van der Waals surface area contributed by atoms with Crippen molar-refractivity contribution in [2.24, 2.45) is 5.92 Å². The molecule has 0 saturated carbocycles. The molecule has 1 aliphatic rings. The number of ether oxygens (including phenoxy) is 1. The summed E-state index contributed by atoms with van der Waals surface area (Å²) in [5.74, 6) is 0.713. The Labute approximate surface area is 65.4 Å². The Kier molecular flexibility index (Phi) is 2.73. The van der Waals surface area contributed by atoms with Crippen LogP contribution in [0.1, 0.15) is 0 Å². The third kappa shape index (κ3) is 1.73. The molecule has 1 heterocycles. The molecular formula is C5H8O3S2. The van der Waals surface area contributed by atoms with Gasteiger partial charge < -0.3 is 4.74 Å². The Balaban J connectivity index is 2.44. The van der Waals surface area contributed by atoms with Gasteiger partial charge in [-0.3, -0.25) is 4.79 Å². The highest BCUT2D eigenvalue weighted by Crippen LogP contribution is 2.24. The Morgan fingerprint density at radius 3 is 2.90 bits per heavy atom. The molecule has 3 nitrogen and oxygen atoms in total. The second-order valence-corrected chi connectivity index (χ2v) is 5.31. The quantitative estimate of drug-likeness (QED) is 0.426. The molecule has 2 atom stereocenters. The van der Waals surface area contributed by atoms with E-state index in [-0.39, 0.29) is 11.9 Å². The summed E-state index contributed by atoms with van der Waals surface area (Å²) in [7, 11) is 1.82. The largest absolute Gasteiger partial charge is 0.469 e. The number of carbonyl (C=O) groups is 1. The molecule has 0 N–H and O–H groups in total. The Hall–Kier alpha value is -0.0300. The van der Waals surface area contributed by atoms with E-state index >= 15 is 0 Å². The predicted molar refractivity (Wildman–Crippen MR) is 41.0 cm³/mol. The van der Waals surface area contributed by atoms with Gasteiger partial charge in [-0.2, -0.15) is 0 Å². The molecule has 0 aromatic rings. The van der Waals surface area contributed by atoms with Crippen LogP contribution in [-0.4, -0.2) is 28.8 Å². The first-order valence-corrected chi connectivity index (χ1v) is 5.65. The molecule has 1 saturated heterocycles. The summed E-state index contributed by atoms with van der Waals surface area (Å²) in [6.07, 6.45) is 0. The van der Waals surface area contributed by atoms with Gasteiger partial charge in [0.05, 0.1) is 22.9 Å². The molecule has 0 aliphatic carbocycles. The van der Waals surface area contributed by atoms with Crippen molar-refractivity contribution in [3.05, 3.63) is 0 Å². The zero-order valence-electron chi connectivity index (χ0n) is 5.53. The van der Waals surface area contributed by atoms with Crippen molar-refractivity contribution < 1.29 is 13.7 Å². The van der Waals surface area contributed by atoms with Crippen LogP contribution in [0.25, 0.3) is 0 Å².